The number of nitrogens with one attached hydrogen (secondary N) is 2. The zero-order valence-corrected chi connectivity index (χ0v) is 15.8. The van der Waals surface area contributed by atoms with Gasteiger partial charge in [0.05, 0.1) is 31.6 Å². The molecule has 0 aliphatic heterocycles. The molecule has 0 fully saturated rings. The molecular weight excluding hydrogens is 368 g/mol. The maximum Gasteiger partial charge on any atom is 0.238 e. The fourth-order valence-electron chi connectivity index (χ4n) is 2.66. The van der Waals surface area contributed by atoms with Crippen LogP contribution in [0.25, 0.3) is 0 Å². The molecule has 0 saturated heterocycles. The standard InChI is InChI=1S/C20H23F2N3O3/c1-3-10-25(12-19(26)23-16-6-4-5-7-18(16)28-2)13-20(27)24-17-11-14(21)8-9-15(17)22/h4-9,11H,3,10,12-13H2,1-2H3,(H,23,26)(H,24,27). The Labute approximate surface area is 162 Å². The summed E-state index contributed by atoms with van der Waals surface area (Å²) in [5, 5.41) is 5.08. The van der Waals surface area contributed by atoms with Gasteiger partial charge < -0.3 is 15.4 Å². The van der Waals surface area contributed by atoms with E-state index in [1.807, 2.05) is 6.92 Å². The highest BCUT2D eigenvalue weighted by molar-refractivity contribution is 5.95. The summed E-state index contributed by atoms with van der Waals surface area (Å²) in [6, 6.07) is 9.80. The summed E-state index contributed by atoms with van der Waals surface area (Å²) in [6.45, 7) is 2.22. The third-order valence-electron chi connectivity index (χ3n) is 3.86. The lowest BCUT2D eigenvalue weighted by Crippen LogP contribution is -2.39. The van der Waals surface area contributed by atoms with Crippen molar-refractivity contribution in [2.45, 2.75) is 13.3 Å². The number of rotatable bonds is 9. The molecule has 2 amide bonds. The number of methoxy groups -OCH3 is 1. The van der Waals surface area contributed by atoms with Gasteiger partial charge in [0, 0.05) is 6.07 Å². The number of carbonyl (C=O) groups excluding carboxylic acids is 2. The van der Waals surface area contributed by atoms with Gasteiger partial charge in [-0.1, -0.05) is 19.1 Å². The van der Waals surface area contributed by atoms with E-state index in [0.29, 0.717) is 24.4 Å². The van der Waals surface area contributed by atoms with Crippen LogP contribution in [0.2, 0.25) is 0 Å². The average molecular weight is 391 g/mol. The molecule has 0 spiro atoms. The third-order valence-corrected chi connectivity index (χ3v) is 3.86. The lowest BCUT2D eigenvalue weighted by Gasteiger charge is -2.21. The van der Waals surface area contributed by atoms with E-state index in [1.54, 1.807) is 29.2 Å². The van der Waals surface area contributed by atoms with Gasteiger partial charge in [-0.05, 0) is 37.2 Å². The molecule has 0 bridgehead atoms. The predicted octanol–water partition coefficient (Wildman–Crippen LogP) is 3.26. The van der Waals surface area contributed by atoms with Gasteiger partial charge in [-0.3, -0.25) is 14.5 Å². The van der Waals surface area contributed by atoms with Gasteiger partial charge in [0.15, 0.2) is 0 Å². The van der Waals surface area contributed by atoms with Gasteiger partial charge >= 0.3 is 0 Å². The second-order valence-corrected chi connectivity index (χ2v) is 6.13. The van der Waals surface area contributed by atoms with E-state index in [-0.39, 0.29) is 24.7 Å². The van der Waals surface area contributed by atoms with E-state index in [2.05, 4.69) is 10.6 Å². The molecule has 0 saturated carbocycles. The number of hydrogen-bond donors (Lipinski definition) is 2. The molecule has 0 heterocycles. The van der Waals surface area contributed by atoms with Gasteiger partial charge in [-0.25, -0.2) is 8.78 Å². The molecule has 0 aliphatic rings. The van der Waals surface area contributed by atoms with Crippen molar-refractivity contribution in [2.75, 3.05) is 37.4 Å². The van der Waals surface area contributed by atoms with E-state index in [1.165, 1.54) is 7.11 Å². The lowest BCUT2D eigenvalue weighted by molar-refractivity contribution is -0.120. The SMILES string of the molecule is CCCN(CC(=O)Nc1cc(F)ccc1F)CC(=O)Nc1ccccc1OC. The maximum absolute atomic E-state index is 13.7. The summed E-state index contributed by atoms with van der Waals surface area (Å²) in [6.07, 6.45) is 0.712. The number of benzene rings is 2. The second kappa shape index (κ2) is 10.4. The van der Waals surface area contributed by atoms with Gasteiger partial charge in [0.2, 0.25) is 11.8 Å². The molecule has 2 rings (SSSR count). The molecule has 6 nitrogen and oxygen atoms in total. The van der Waals surface area contributed by atoms with Crippen LogP contribution in [0.4, 0.5) is 20.2 Å². The second-order valence-electron chi connectivity index (χ2n) is 6.13. The van der Waals surface area contributed by atoms with Crippen LogP contribution in [-0.2, 0) is 9.59 Å². The number of halogens is 2. The van der Waals surface area contributed by atoms with E-state index in [9.17, 15) is 18.4 Å². The summed E-state index contributed by atoms with van der Waals surface area (Å²) in [7, 11) is 1.50. The lowest BCUT2D eigenvalue weighted by atomic mass is 10.2. The van der Waals surface area contributed by atoms with Crippen molar-refractivity contribution in [1.29, 1.82) is 0 Å². The van der Waals surface area contributed by atoms with Crippen molar-refractivity contribution >= 4 is 23.2 Å². The first-order valence-corrected chi connectivity index (χ1v) is 8.83. The quantitative estimate of drug-likeness (QED) is 0.688. The summed E-state index contributed by atoms with van der Waals surface area (Å²) in [5.41, 5.74) is 0.289. The van der Waals surface area contributed by atoms with Crippen LogP contribution in [0.5, 0.6) is 5.75 Å². The van der Waals surface area contributed by atoms with Crippen molar-refractivity contribution in [1.82, 2.24) is 4.90 Å². The average Bonchev–Trinajstić information content (AvgIpc) is 2.65. The highest BCUT2D eigenvalue weighted by Gasteiger charge is 2.16. The summed E-state index contributed by atoms with van der Waals surface area (Å²) < 4.78 is 32.1. The van der Waals surface area contributed by atoms with Crippen LogP contribution in [-0.4, -0.2) is 43.5 Å². The minimum Gasteiger partial charge on any atom is -0.495 e. The van der Waals surface area contributed by atoms with Crippen LogP contribution in [0, 0.1) is 11.6 Å². The molecule has 28 heavy (non-hydrogen) atoms. The molecule has 2 N–H and O–H groups in total. The van der Waals surface area contributed by atoms with E-state index >= 15 is 0 Å². The van der Waals surface area contributed by atoms with E-state index in [4.69, 9.17) is 4.74 Å². The van der Waals surface area contributed by atoms with Gasteiger partial charge in [-0.2, -0.15) is 0 Å². The Morgan fingerprint density at radius 3 is 2.29 bits per heavy atom. The van der Waals surface area contributed by atoms with Gasteiger partial charge in [0.25, 0.3) is 0 Å². The number of para-hydroxylation sites is 2. The van der Waals surface area contributed by atoms with Crippen LogP contribution in [0.3, 0.4) is 0 Å². The van der Waals surface area contributed by atoms with Crippen LogP contribution in [0.15, 0.2) is 42.5 Å². The first kappa shape index (κ1) is 21.3. The van der Waals surface area contributed by atoms with E-state index < -0.39 is 17.5 Å². The highest BCUT2D eigenvalue weighted by atomic mass is 19.1. The molecule has 2 aromatic rings. The molecule has 0 radical (unpaired) electrons. The minimum absolute atomic E-state index is 0.0368. The molecule has 0 aliphatic carbocycles. The molecule has 0 atom stereocenters. The van der Waals surface area contributed by atoms with Crippen molar-refractivity contribution in [3.8, 4) is 5.75 Å². The Morgan fingerprint density at radius 1 is 1.00 bits per heavy atom. The number of carbonyl (C=O) groups is 2. The number of anilines is 2. The Bertz CT molecular complexity index is 830. The minimum atomic E-state index is -0.731. The Hall–Kier alpha value is -3.00. The maximum atomic E-state index is 13.7. The van der Waals surface area contributed by atoms with Gasteiger partial charge in [0.1, 0.15) is 17.4 Å². The summed E-state index contributed by atoms with van der Waals surface area (Å²) in [5.74, 6) is -1.72. The Morgan fingerprint density at radius 2 is 1.64 bits per heavy atom. The molecule has 0 aromatic heterocycles. The Balaban J connectivity index is 1.97. The predicted molar refractivity (Wildman–Crippen MR) is 103 cm³/mol. The first-order valence-electron chi connectivity index (χ1n) is 8.83. The van der Waals surface area contributed by atoms with E-state index in [0.717, 1.165) is 18.2 Å². The monoisotopic (exact) mass is 391 g/mol. The van der Waals surface area contributed by atoms with Crippen molar-refractivity contribution in [2.24, 2.45) is 0 Å². The number of hydrogen-bond acceptors (Lipinski definition) is 4. The number of amides is 2. The zero-order valence-electron chi connectivity index (χ0n) is 15.8. The largest absolute Gasteiger partial charge is 0.495 e. The molecule has 150 valence electrons. The molecule has 2 aromatic carbocycles. The summed E-state index contributed by atoms with van der Waals surface area (Å²) in [4.78, 5) is 26.2. The van der Waals surface area contributed by atoms with Crippen LogP contribution >= 0.6 is 0 Å². The topological polar surface area (TPSA) is 70.7 Å². The van der Waals surface area contributed by atoms with Gasteiger partial charge in [-0.15, -0.1) is 0 Å². The molecular formula is C20H23F2N3O3. The molecule has 0 unspecified atom stereocenters. The first-order chi connectivity index (χ1) is 13.4. The van der Waals surface area contributed by atoms with Crippen LogP contribution < -0.4 is 15.4 Å². The zero-order chi connectivity index (χ0) is 20.5. The van der Waals surface area contributed by atoms with Crippen molar-refractivity contribution in [3.05, 3.63) is 54.1 Å². The smallest absolute Gasteiger partial charge is 0.238 e. The molecule has 8 heteroatoms. The fourth-order valence-corrected chi connectivity index (χ4v) is 2.66. The number of ether oxygens (including phenoxy) is 1. The normalized spacial score (nSPS) is 10.6. The van der Waals surface area contributed by atoms with Crippen LogP contribution in [0.1, 0.15) is 13.3 Å². The fraction of sp³-hybridized carbons (Fsp3) is 0.300. The highest BCUT2D eigenvalue weighted by Crippen LogP contribution is 2.22. The van der Waals surface area contributed by atoms with Crippen molar-refractivity contribution in [3.63, 3.8) is 0 Å². The third kappa shape index (κ3) is 6.31. The Kier molecular flexibility index (Phi) is 7.88. The number of nitrogens with zero attached hydrogens (tertiary/aromatic N) is 1. The summed E-state index contributed by atoms with van der Waals surface area (Å²) >= 11 is 0. The van der Waals surface area contributed by atoms with Crippen molar-refractivity contribution < 1.29 is 23.1 Å².